The fraction of sp³-hybridized carbons (Fsp3) is 0.133. The summed E-state index contributed by atoms with van der Waals surface area (Å²) in [6.07, 6.45) is 0. The van der Waals surface area contributed by atoms with E-state index in [4.69, 9.17) is 5.26 Å². The molecule has 0 fully saturated rings. The van der Waals surface area contributed by atoms with E-state index in [-0.39, 0.29) is 5.82 Å². The second-order valence-electron chi connectivity index (χ2n) is 4.25. The van der Waals surface area contributed by atoms with E-state index in [9.17, 15) is 4.39 Å². The fourth-order valence-electron chi connectivity index (χ4n) is 1.79. The van der Waals surface area contributed by atoms with E-state index >= 15 is 0 Å². The van der Waals surface area contributed by atoms with Gasteiger partial charge in [0.25, 0.3) is 0 Å². The van der Waals surface area contributed by atoms with Gasteiger partial charge in [-0.3, -0.25) is 0 Å². The standard InChI is InChI=1S/C15H12BrFN2/c1-19(14-6-2-11(9-18)3-7-14)10-12-4-5-13(17)8-15(12)16/h2-8H,10H2,1H3. The van der Waals surface area contributed by atoms with Crippen molar-refractivity contribution in [2.75, 3.05) is 11.9 Å². The predicted octanol–water partition coefficient (Wildman–Crippen LogP) is 4.10. The molecule has 2 aromatic rings. The monoisotopic (exact) mass is 318 g/mol. The summed E-state index contributed by atoms with van der Waals surface area (Å²) >= 11 is 3.36. The summed E-state index contributed by atoms with van der Waals surface area (Å²) in [5.74, 6) is -0.253. The zero-order chi connectivity index (χ0) is 13.8. The minimum atomic E-state index is -0.253. The molecular formula is C15H12BrFN2. The van der Waals surface area contributed by atoms with E-state index in [2.05, 4.69) is 22.0 Å². The van der Waals surface area contributed by atoms with Crippen molar-refractivity contribution in [3.8, 4) is 6.07 Å². The number of rotatable bonds is 3. The summed E-state index contributed by atoms with van der Waals surface area (Å²) in [7, 11) is 1.96. The third kappa shape index (κ3) is 3.33. The highest BCUT2D eigenvalue weighted by atomic mass is 79.9. The van der Waals surface area contributed by atoms with Crippen molar-refractivity contribution in [1.29, 1.82) is 5.26 Å². The first-order chi connectivity index (χ1) is 9.10. The van der Waals surface area contributed by atoms with Crippen LogP contribution in [0.15, 0.2) is 46.9 Å². The third-order valence-corrected chi connectivity index (χ3v) is 3.60. The summed E-state index contributed by atoms with van der Waals surface area (Å²) in [6.45, 7) is 0.659. The Balaban J connectivity index is 2.16. The number of nitrogens with zero attached hydrogens (tertiary/aromatic N) is 2. The van der Waals surface area contributed by atoms with Crippen LogP contribution < -0.4 is 4.90 Å². The maximum atomic E-state index is 13.0. The number of hydrogen-bond acceptors (Lipinski definition) is 2. The van der Waals surface area contributed by atoms with Gasteiger partial charge in [-0.1, -0.05) is 22.0 Å². The van der Waals surface area contributed by atoms with Crippen LogP contribution in [0.1, 0.15) is 11.1 Å². The fourth-order valence-corrected chi connectivity index (χ4v) is 2.26. The highest BCUT2D eigenvalue weighted by Gasteiger charge is 2.06. The lowest BCUT2D eigenvalue weighted by atomic mass is 10.2. The van der Waals surface area contributed by atoms with Crippen LogP contribution in [0.3, 0.4) is 0 Å². The molecule has 2 rings (SSSR count). The smallest absolute Gasteiger partial charge is 0.124 e. The van der Waals surface area contributed by atoms with Crippen LogP contribution in [0, 0.1) is 17.1 Å². The number of benzene rings is 2. The summed E-state index contributed by atoms with van der Waals surface area (Å²) in [6, 6.07) is 14.1. The molecule has 0 aliphatic rings. The largest absolute Gasteiger partial charge is 0.370 e. The molecule has 2 nitrogen and oxygen atoms in total. The number of nitriles is 1. The Hall–Kier alpha value is -1.86. The van der Waals surface area contributed by atoms with Gasteiger partial charge < -0.3 is 4.90 Å². The van der Waals surface area contributed by atoms with E-state index < -0.39 is 0 Å². The molecule has 0 bridgehead atoms. The van der Waals surface area contributed by atoms with Crippen molar-refractivity contribution in [3.63, 3.8) is 0 Å². The van der Waals surface area contributed by atoms with Gasteiger partial charge >= 0.3 is 0 Å². The molecule has 0 atom stereocenters. The van der Waals surface area contributed by atoms with E-state index in [1.165, 1.54) is 12.1 Å². The molecule has 0 aromatic heterocycles. The molecule has 0 spiro atoms. The van der Waals surface area contributed by atoms with Crippen LogP contribution in [0.4, 0.5) is 10.1 Å². The van der Waals surface area contributed by atoms with Gasteiger partial charge in [-0.2, -0.15) is 5.26 Å². The summed E-state index contributed by atoms with van der Waals surface area (Å²) in [4.78, 5) is 2.04. The number of hydrogen-bond donors (Lipinski definition) is 0. The van der Waals surface area contributed by atoms with Crippen molar-refractivity contribution in [3.05, 3.63) is 63.9 Å². The van der Waals surface area contributed by atoms with Crippen molar-refractivity contribution in [1.82, 2.24) is 0 Å². The Morgan fingerprint density at radius 1 is 1.21 bits per heavy atom. The predicted molar refractivity (Wildman–Crippen MR) is 77.4 cm³/mol. The Kier molecular flexibility index (Phi) is 4.18. The van der Waals surface area contributed by atoms with E-state index in [1.807, 2.05) is 24.1 Å². The maximum Gasteiger partial charge on any atom is 0.124 e. The molecule has 0 unspecified atom stereocenters. The highest BCUT2D eigenvalue weighted by molar-refractivity contribution is 9.10. The van der Waals surface area contributed by atoms with Gasteiger partial charge in [-0.05, 0) is 42.0 Å². The van der Waals surface area contributed by atoms with Crippen molar-refractivity contribution >= 4 is 21.6 Å². The first-order valence-corrected chi connectivity index (χ1v) is 6.54. The molecule has 0 saturated heterocycles. The van der Waals surface area contributed by atoms with Gasteiger partial charge in [-0.15, -0.1) is 0 Å². The van der Waals surface area contributed by atoms with Gasteiger partial charge in [0.05, 0.1) is 11.6 Å². The molecule has 4 heteroatoms. The average Bonchev–Trinajstić information content (AvgIpc) is 2.42. The lowest BCUT2D eigenvalue weighted by Crippen LogP contribution is -2.16. The normalized spacial score (nSPS) is 10.0. The lowest BCUT2D eigenvalue weighted by Gasteiger charge is -2.20. The van der Waals surface area contributed by atoms with Gasteiger partial charge in [-0.25, -0.2) is 4.39 Å². The topological polar surface area (TPSA) is 27.0 Å². The zero-order valence-electron chi connectivity index (χ0n) is 10.4. The van der Waals surface area contributed by atoms with E-state index in [0.717, 1.165) is 15.7 Å². The van der Waals surface area contributed by atoms with Gasteiger partial charge in [0.2, 0.25) is 0 Å². The van der Waals surface area contributed by atoms with Gasteiger partial charge in [0.15, 0.2) is 0 Å². The first kappa shape index (κ1) is 13.6. The minimum absolute atomic E-state index is 0.253. The van der Waals surface area contributed by atoms with Crippen molar-refractivity contribution < 1.29 is 4.39 Å². The van der Waals surface area contributed by atoms with Crippen LogP contribution in [-0.2, 0) is 6.54 Å². The molecule has 0 N–H and O–H groups in total. The molecule has 96 valence electrons. The molecule has 2 aromatic carbocycles. The molecule has 0 radical (unpaired) electrons. The molecule has 0 saturated carbocycles. The van der Waals surface area contributed by atoms with Crippen LogP contribution >= 0.6 is 15.9 Å². The summed E-state index contributed by atoms with van der Waals surface area (Å²) < 4.78 is 13.8. The second-order valence-corrected chi connectivity index (χ2v) is 5.10. The SMILES string of the molecule is CN(Cc1ccc(F)cc1Br)c1ccc(C#N)cc1. The van der Waals surface area contributed by atoms with Gasteiger partial charge in [0.1, 0.15) is 5.82 Å². The number of halogens is 2. The Bertz CT molecular complexity index is 617. The Morgan fingerprint density at radius 3 is 2.47 bits per heavy atom. The minimum Gasteiger partial charge on any atom is -0.370 e. The maximum absolute atomic E-state index is 13.0. The molecule has 0 amide bonds. The van der Waals surface area contributed by atoms with Crippen molar-refractivity contribution in [2.45, 2.75) is 6.54 Å². The van der Waals surface area contributed by atoms with E-state index in [0.29, 0.717) is 12.1 Å². The Labute approximate surface area is 120 Å². The van der Waals surface area contributed by atoms with Crippen LogP contribution in [0.2, 0.25) is 0 Å². The van der Waals surface area contributed by atoms with Crippen LogP contribution in [0.25, 0.3) is 0 Å². The molecule has 0 heterocycles. The Morgan fingerprint density at radius 2 is 1.89 bits per heavy atom. The summed E-state index contributed by atoms with van der Waals surface area (Å²) in [5, 5.41) is 8.76. The van der Waals surface area contributed by atoms with Crippen LogP contribution in [-0.4, -0.2) is 7.05 Å². The molecule has 0 aliphatic heterocycles. The van der Waals surface area contributed by atoms with Gasteiger partial charge in [0, 0.05) is 23.8 Å². The van der Waals surface area contributed by atoms with Crippen molar-refractivity contribution in [2.24, 2.45) is 0 Å². The third-order valence-electron chi connectivity index (χ3n) is 2.86. The van der Waals surface area contributed by atoms with E-state index in [1.54, 1.807) is 18.2 Å². The quantitative estimate of drug-likeness (QED) is 0.852. The highest BCUT2D eigenvalue weighted by Crippen LogP contribution is 2.22. The molecular weight excluding hydrogens is 307 g/mol. The second kappa shape index (κ2) is 5.85. The zero-order valence-corrected chi connectivity index (χ0v) is 12.0. The average molecular weight is 319 g/mol. The molecule has 19 heavy (non-hydrogen) atoms. The van der Waals surface area contributed by atoms with Crippen LogP contribution in [0.5, 0.6) is 0 Å². The lowest BCUT2D eigenvalue weighted by molar-refractivity contribution is 0.625. The number of anilines is 1. The first-order valence-electron chi connectivity index (χ1n) is 5.75. The molecule has 0 aliphatic carbocycles. The summed E-state index contributed by atoms with van der Waals surface area (Å²) in [5.41, 5.74) is 2.66.